The molecule has 0 aromatic heterocycles. The molecule has 3 heteroatoms. The summed E-state index contributed by atoms with van der Waals surface area (Å²) in [4.78, 5) is 4.34. The van der Waals surface area contributed by atoms with Crippen LogP contribution < -0.4 is 5.32 Å². The van der Waals surface area contributed by atoms with Crippen molar-refractivity contribution in [1.82, 2.24) is 5.32 Å². The van der Waals surface area contributed by atoms with Gasteiger partial charge in [0.05, 0.1) is 19.2 Å². The molecule has 0 aromatic rings. The van der Waals surface area contributed by atoms with Crippen molar-refractivity contribution in [2.45, 2.75) is 77.7 Å². The second kappa shape index (κ2) is 10.2. The maximum Gasteiger partial charge on any atom is 0.284 e. The van der Waals surface area contributed by atoms with Crippen LogP contribution in [-0.2, 0) is 4.74 Å². The first-order valence-electron chi connectivity index (χ1n) is 7.80. The topological polar surface area (TPSA) is 33.6 Å². The molecule has 1 aliphatic rings. The molecule has 0 amide bonds. The lowest BCUT2D eigenvalue weighted by atomic mass is 10.1. The van der Waals surface area contributed by atoms with Crippen LogP contribution in [0.15, 0.2) is 4.99 Å². The molecule has 0 saturated carbocycles. The summed E-state index contributed by atoms with van der Waals surface area (Å²) in [7, 11) is 0. The van der Waals surface area contributed by atoms with Crippen molar-refractivity contribution in [3.05, 3.63) is 0 Å². The van der Waals surface area contributed by atoms with E-state index in [1.165, 1.54) is 57.8 Å². The SMILES string of the molecule is CCCCCCCCCCC1CN=C(OCC)N1. The molecule has 0 aromatic carbocycles. The molecule has 1 unspecified atom stereocenters. The summed E-state index contributed by atoms with van der Waals surface area (Å²) in [6.07, 6.45) is 12.3. The van der Waals surface area contributed by atoms with Gasteiger partial charge in [-0.25, -0.2) is 4.99 Å². The van der Waals surface area contributed by atoms with Gasteiger partial charge in [-0.2, -0.15) is 0 Å². The number of amidine groups is 1. The maximum absolute atomic E-state index is 5.35. The number of rotatable bonds is 10. The predicted molar refractivity (Wildman–Crippen MR) is 78.1 cm³/mol. The standard InChI is InChI=1S/C15H30N2O/c1-3-5-6-7-8-9-10-11-12-14-13-16-15(17-14)18-4-2/h14H,3-13H2,1-2H3,(H,16,17). The third-order valence-electron chi connectivity index (χ3n) is 3.47. The normalized spacial score (nSPS) is 18.6. The lowest BCUT2D eigenvalue weighted by Gasteiger charge is -2.11. The van der Waals surface area contributed by atoms with Crippen LogP contribution in [0, 0.1) is 0 Å². The Morgan fingerprint density at radius 2 is 1.72 bits per heavy atom. The van der Waals surface area contributed by atoms with Crippen molar-refractivity contribution >= 4 is 6.02 Å². The van der Waals surface area contributed by atoms with E-state index in [-0.39, 0.29) is 0 Å². The summed E-state index contributed by atoms with van der Waals surface area (Å²) in [5, 5.41) is 3.34. The largest absolute Gasteiger partial charge is 0.466 e. The monoisotopic (exact) mass is 254 g/mol. The lowest BCUT2D eigenvalue weighted by Crippen LogP contribution is -2.31. The van der Waals surface area contributed by atoms with Crippen molar-refractivity contribution in [3.8, 4) is 0 Å². The third-order valence-corrected chi connectivity index (χ3v) is 3.47. The Bertz CT molecular complexity index is 229. The molecule has 1 heterocycles. The second-order valence-corrected chi connectivity index (χ2v) is 5.18. The van der Waals surface area contributed by atoms with Gasteiger partial charge in [0.15, 0.2) is 0 Å². The van der Waals surface area contributed by atoms with E-state index in [1.807, 2.05) is 6.92 Å². The Kier molecular flexibility index (Phi) is 8.70. The molecule has 1 atom stereocenters. The lowest BCUT2D eigenvalue weighted by molar-refractivity contribution is 0.311. The fourth-order valence-electron chi connectivity index (χ4n) is 2.37. The summed E-state index contributed by atoms with van der Waals surface area (Å²) in [5.74, 6) is 0. The van der Waals surface area contributed by atoms with Crippen molar-refractivity contribution < 1.29 is 4.74 Å². The van der Waals surface area contributed by atoms with E-state index < -0.39 is 0 Å². The summed E-state index contributed by atoms with van der Waals surface area (Å²) >= 11 is 0. The maximum atomic E-state index is 5.35. The van der Waals surface area contributed by atoms with Crippen molar-refractivity contribution in [2.24, 2.45) is 4.99 Å². The van der Waals surface area contributed by atoms with Crippen molar-refractivity contribution in [3.63, 3.8) is 0 Å². The molecule has 1 N–H and O–H groups in total. The number of unbranched alkanes of at least 4 members (excludes halogenated alkanes) is 7. The van der Waals surface area contributed by atoms with Gasteiger partial charge in [-0.3, -0.25) is 0 Å². The first-order chi connectivity index (χ1) is 8.86. The van der Waals surface area contributed by atoms with Crippen LogP contribution >= 0.6 is 0 Å². The molecule has 0 saturated heterocycles. The van der Waals surface area contributed by atoms with E-state index >= 15 is 0 Å². The second-order valence-electron chi connectivity index (χ2n) is 5.18. The average molecular weight is 254 g/mol. The number of aliphatic imine (C=N–C) groups is 1. The van der Waals surface area contributed by atoms with Gasteiger partial charge < -0.3 is 10.1 Å². The Labute approximate surface area is 112 Å². The smallest absolute Gasteiger partial charge is 0.284 e. The zero-order chi connectivity index (χ0) is 13.1. The highest BCUT2D eigenvalue weighted by Gasteiger charge is 2.17. The molecular formula is C15H30N2O. The van der Waals surface area contributed by atoms with Gasteiger partial charge in [0, 0.05) is 0 Å². The van der Waals surface area contributed by atoms with E-state index in [2.05, 4.69) is 17.2 Å². The molecular weight excluding hydrogens is 224 g/mol. The van der Waals surface area contributed by atoms with Crippen molar-refractivity contribution in [2.75, 3.05) is 13.2 Å². The van der Waals surface area contributed by atoms with Crippen LogP contribution in [0.5, 0.6) is 0 Å². The summed E-state index contributed by atoms with van der Waals surface area (Å²) in [6, 6.07) is 1.27. The van der Waals surface area contributed by atoms with Crippen LogP contribution in [0.1, 0.15) is 71.6 Å². The summed E-state index contributed by atoms with van der Waals surface area (Å²) in [6.45, 7) is 5.87. The first-order valence-corrected chi connectivity index (χ1v) is 7.80. The number of ether oxygens (including phenoxy) is 1. The van der Waals surface area contributed by atoms with Gasteiger partial charge in [0.25, 0.3) is 6.02 Å². The molecule has 1 rings (SSSR count). The number of hydrogen-bond donors (Lipinski definition) is 1. The predicted octanol–water partition coefficient (Wildman–Crippen LogP) is 3.88. The summed E-state index contributed by atoms with van der Waals surface area (Å²) < 4.78 is 5.35. The third kappa shape index (κ3) is 6.87. The molecule has 0 radical (unpaired) electrons. The van der Waals surface area contributed by atoms with Crippen LogP contribution in [0.25, 0.3) is 0 Å². The van der Waals surface area contributed by atoms with Crippen LogP contribution in [0.2, 0.25) is 0 Å². The first kappa shape index (κ1) is 15.3. The Morgan fingerprint density at radius 1 is 1.06 bits per heavy atom. The van der Waals surface area contributed by atoms with E-state index in [1.54, 1.807) is 0 Å². The number of nitrogens with one attached hydrogen (secondary N) is 1. The molecule has 0 aliphatic carbocycles. The fourth-order valence-corrected chi connectivity index (χ4v) is 2.37. The molecule has 106 valence electrons. The zero-order valence-electron chi connectivity index (χ0n) is 12.2. The van der Waals surface area contributed by atoms with E-state index in [0.717, 1.165) is 12.6 Å². The van der Waals surface area contributed by atoms with Crippen molar-refractivity contribution in [1.29, 1.82) is 0 Å². The van der Waals surface area contributed by atoms with E-state index in [4.69, 9.17) is 4.74 Å². The van der Waals surface area contributed by atoms with Gasteiger partial charge in [0.1, 0.15) is 0 Å². The zero-order valence-corrected chi connectivity index (χ0v) is 12.2. The molecule has 1 aliphatic heterocycles. The Morgan fingerprint density at radius 3 is 2.39 bits per heavy atom. The molecule has 0 fully saturated rings. The molecule has 0 spiro atoms. The van der Waals surface area contributed by atoms with Gasteiger partial charge in [-0.05, 0) is 13.3 Å². The minimum absolute atomic E-state index is 0.520. The number of hydrogen-bond acceptors (Lipinski definition) is 3. The van der Waals surface area contributed by atoms with Crippen LogP contribution in [-0.4, -0.2) is 25.2 Å². The molecule has 0 bridgehead atoms. The minimum Gasteiger partial charge on any atom is -0.466 e. The fraction of sp³-hybridized carbons (Fsp3) is 0.933. The minimum atomic E-state index is 0.520. The van der Waals surface area contributed by atoms with Gasteiger partial charge in [-0.15, -0.1) is 0 Å². The molecule has 18 heavy (non-hydrogen) atoms. The Balaban J connectivity index is 1.85. The van der Waals surface area contributed by atoms with Gasteiger partial charge in [0.2, 0.25) is 0 Å². The number of nitrogens with zero attached hydrogens (tertiary/aromatic N) is 1. The van der Waals surface area contributed by atoms with Gasteiger partial charge >= 0.3 is 0 Å². The molecule has 3 nitrogen and oxygen atoms in total. The average Bonchev–Trinajstić information content (AvgIpc) is 2.81. The highest BCUT2D eigenvalue weighted by molar-refractivity contribution is 5.75. The quantitative estimate of drug-likeness (QED) is 0.600. The highest BCUT2D eigenvalue weighted by Crippen LogP contribution is 2.12. The van der Waals surface area contributed by atoms with Crippen LogP contribution in [0.3, 0.4) is 0 Å². The van der Waals surface area contributed by atoms with E-state index in [0.29, 0.717) is 12.6 Å². The summed E-state index contributed by atoms with van der Waals surface area (Å²) in [5.41, 5.74) is 0. The van der Waals surface area contributed by atoms with Crippen LogP contribution in [0.4, 0.5) is 0 Å². The van der Waals surface area contributed by atoms with Gasteiger partial charge in [-0.1, -0.05) is 58.3 Å². The van der Waals surface area contributed by atoms with E-state index in [9.17, 15) is 0 Å². The highest BCUT2D eigenvalue weighted by atomic mass is 16.5. The Hall–Kier alpha value is -0.730.